The molecular weight excluding hydrogens is 300 g/mol. The lowest BCUT2D eigenvalue weighted by Gasteiger charge is -2.21. The molecule has 4 heteroatoms. The van der Waals surface area contributed by atoms with Gasteiger partial charge in [0.2, 0.25) is 0 Å². The number of nitrogens with one attached hydrogen (secondary N) is 2. The number of H-pyrrole nitrogens is 1. The zero-order valence-corrected chi connectivity index (χ0v) is 14.9. The molecule has 0 atom stereocenters. The number of methoxy groups -OCH3 is 2. The highest BCUT2D eigenvalue weighted by molar-refractivity contribution is 5.95. The fourth-order valence-electron chi connectivity index (χ4n) is 2.79. The second-order valence-electron chi connectivity index (χ2n) is 6.94. The van der Waals surface area contributed by atoms with Crippen molar-refractivity contribution in [2.24, 2.45) is 0 Å². The summed E-state index contributed by atoms with van der Waals surface area (Å²) in [6, 6.07) is 12.3. The fourth-order valence-corrected chi connectivity index (χ4v) is 2.79. The molecule has 126 valence electrons. The lowest BCUT2D eigenvalue weighted by molar-refractivity contribution is 0.394. The minimum atomic E-state index is 0.0218. The van der Waals surface area contributed by atoms with Gasteiger partial charge in [0.15, 0.2) is 0 Å². The molecule has 0 saturated heterocycles. The van der Waals surface area contributed by atoms with E-state index in [9.17, 15) is 0 Å². The summed E-state index contributed by atoms with van der Waals surface area (Å²) in [5.74, 6) is 1.57. The van der Waals surface area contributed by atoms with Gasteiger partial charge in [-0.2, -0.15) is 0 Å². The van der Waals surface area contributed by atoms with E-state index >= 15 is 0 Å². The van der Waals surface area contributed by atoms with E-state index in [4.69, 9.17) is 9.47 Å². The van der Waals surface area contributed by atoms with Crippen molar-refractivity contribution >= 4 is 16.6 Å². The van der Waals surface area contributed by atoms with Crippen molar-refractivity contribution in [3.8, 4) is 22.6 Å². The molecule has 3 rings (SSSR count). The van der Waals surface area contributed by atoms with Crippen molar-refractivity contribution in [1.29, 1.82) is 0 Å². The van der Waals surface area contributed by atoms with Crippen LogP contribution in [0.15, 0.2) is 42.6 Å². The molecule has 0 bridgehead atoms. The van der Waals surface area contributed by atoms with Gasteiger partial charge in [-0.3, -0.25) is 0 Å². The Bertz CT molecular complexity index is 837. The van der Waals surface area contributed by atoms with E-state index in [1.807, 2.05) is 24.4 Å². The van der Waals surface area contributed by atoms with Crippen LogP contribution in [0.2, 0.25) is 0 Å². The van der Waals surface area contributed by atoms with Crippen molar-refractivity contribution in [3.63, 3.8) is 0 Å². The Kier molecular flexibility index (Phi) is 4.14. The topological polar surface area (TPSA) is 46.3 Å². The molecule has 0 amide bonds. The van der Waals surface area contributed by atoms with E-state index in [2.05, 4.69) is 49.3 Å². The first-order chi connectivity index (χ1) is 11.4. The third-order valence-electron chi connectivity index (χ3n) is 3.88. The standard InChI is InChI=1S/C20H24N2O2/c1-20(2,3)22-19-12-21-18-10-13(6-7-17(18)19)14-8-15(23-4)11-16(9-14)24-5/h6-12,21-22H,1-5H3. The van der Waals surface area contributed by atoms with Crippen LogP contribution in [-0.4, -0.2) is 24.7 Å². The Balaban J connectivity index is 2.03. The fraction of sp³-hybridized carbons (Fsp3) is 0.300. The number of benzene rings is 2. The number of ether oxygens (including phenoxy) is 2. The quantitative estimate of drug-likeness (QED) is 0.705. The summed E-state index contributed by atoms with van der Waals surface area (Å²) in [4.78, 5) is 3.35. The second kappa shape index (κ2) is 6.11. The Labute approximate surface area is 142 Å². The SMILES string of the molecule is COc1cc(OC)cc(-c2ccc3c(NC(C)(C)C)c[nH]c3c2)c1. The number of aromatic amines is 1. The summed E-state index contributed by atoms with van der Waals surface area (Å²) >= 11 is 0. The van der Waals surface area contributed by atoms with Gasteiger partial charge in [-0.1, -0.05) is 12.1 Å². The van der Waals surface area contributed by atoms with E-state index in [1.54, 1.807) is 14.2 Å². The van der Waals surface area contributed by atoms with E-state index in [1.165, 1.54) is 5.39 Å². The minimum absolute atomic E-state index is 0.0218. The molecule has 24 heavy (non-hydrogen) atoms. The van der Waals surface area contributed by atoms with Crippen molar-refractivity contribution in [1.82, 2.24) is 4.98 Å². The normalized spacial score (nSPS) is 11.5. The predicted molar refractivity (Wildman–Crippen MR) is 100 cm³/mol. The van der Waals surface area contributed by atoms with Gasteiger partial charge >= 0.3 is 0 Å². The van der Waals surface area contributed by atoms with Crippen molar-refractivity contribution < 1.29 is 9.47 Å². The van der Waals surface area contributed by atoms with Crippen LogP contribution in [-0.2, 0) is 0 Å². The van der Waals surface area contributed by atoms with Crippen LogP contribution in [0.25, 0.3) is 22.0 Å². The third-order valence-corrected chi connectivity index (χ3v) is 3.88. The summed E-state index contributed by atoms with van der Waals surface area (Å²) < 4.78 is 10.7. The zero-order valence-electron chi connectivity index (χ0n) is 14.9. The van der Waals surface area contributed by atoms with Gasteiger partial charge in [-0.05, 0) is 50.1 Å². The smallest absolute Gasteiger partial charge is 0.123 e. The van der Waals surface area contributed by atoms with Gasteiger partial charge in [0.1, 0.15) is 11.5 Å². The Hall–Kier alpha value is -2.62. The van der Waals surface area contributed by atoms with Crippen LogP contribution >= 0.6 is 0 Å². The van der Waals surface area contributed by atoms with Gasteiger partial charge in [0.05, 0.1) is 19.9 Å². The van der Waals surface area contributed by atoms with Gasteiger partial charge in [-0.25, -0.2) is 0 Å². The number of hydrogen-bond donors (Lipinski definition) is 2. The van der Waals surface area contributed by atoms with E-state index in [-0.39, 0.29) is 5.54 Å². The maximum absolute atomic E-state index is 5.37. The second-order valence-corrected chi connectivity index (χ2v) is 6.94. The van der Waals surface area contributed by atoms with Crippen LogP contribution in [0, 0.1) is 0 Å². The molecular formula is C20H24N2O2. The van der Waals surface area contributed by atoms with Crippen LogP contribution < -0.4 is 14.8 Å². The number of hydrogen-bond acceptors (Lipinski definition) is 3. The Morgan fingerprint density at radius 2 is 1.54 bits per heavy atom. The van der Waals surface area contributed by atoms with Gasteiger partial charge in [-0.15, -0.1) is 0 Å². The summed E-state index contributed by atoms with van der Waals surface area (Å²) in [7, 11) is 3.33. The molecule has 1 heterocycles. The molecule has 0 aliphatic carbocycles. The molecule has 4 nitrogen and oxygen atoms in total. The summed E-state index contributed by atoms with van der Waals surface area (Å²) in [5, 5.41) is 4.71. The highest BCUT2D eigenvalue weighted by atomic mass is 16.5. The summed E-state index contributed by atoms with van der Waals surface area (Å²) in [5.41, 5.74) is 4.42. The van der Waals surface area contributed by atoms with E-state index < -0.39 is 0 Å². The van der Waals surface area contributed by atoms with Crippen molar-refractivity contribution in [2.45, 2.75) is 26.3 Å². The van der Waals surface area contributed by atoms with Gasteiger partial charge in [0, 0.05) is 28.7 Å². The number of fused-ring (bicyclic) bond motifs is 1. The number of anilines is 1. The molecule has 0 fully saturated rings. The summed E-state index contributed by atoms with van der Waals surface area (Å²) in [6.45, 7) is 6.47. The molecule has 3 aromatic rings. The molecule has 0 spiro atoms. The van der Waals surface area contributed by atoms with Crippen LogP contribution in [0.5, 0.6) is 11.5 Å². The minimum Gasteiger partial charge on any atom is -0.497 e. The first kappa shape index (κ1) is 16.2. The van der Waals surface area contributed by atoms with Gasteiger partial charge < -0.3 is 19.8 Å². The lowest BCUT2D eigenvalue weighted by atomic mass is 10.0. The average molecular weight is 324 g/mol. The zero-order chi connectivity index (χ0) is 17.3. The largest absolute Gasteiger partial charge is 0.497 e. The van der Waals surface area contributed by atoms with E-state index in [0.29, 0.717) is 0 Å². The van der Waals surface area contributed by atoms with Crippen LogP contribution in [0.1, 0.15) is 20.8 Å². The molecule has 1 aromatic heterocycles. The number of aromatic nitrogens is 1. The molecule has 0 aliphatic heterocycles. The van der Waals surface area contributed by atoms with Crippen molar-refractivity contribution in [3.05, 3.63) is 42.6 Å². The predicted octanol–water partition coefficient (Wildman–Crippen LogP) is 5.06. The number of rotatable bonds is 4. The highest BCUT2D eigenvalue weighted by Crippen LogP contribution is 2.33. The molecule has 0 unspecified atom stereocenters. The molecule has 0 saturated carbocycles. The third kappa shape index (κ3) is 3.32. The Morgan fingerprint density at radius 1 is 0.875 bits per heavy atom. The van der Waals surface area contributed by atoms with Crippen LogP contribution in [0.3, 0.4) is 0 Å². The molecule has 0 radical (unpaired) electrons. The summed E-state index contributed by atoms with van der Waals surface area (Å²) in [6.07, 6.45) is 2.02. The van der Waals surface area contributed by atoms with Gasteiger partial charge in [0.25, 0.3) is 0 Å². The highest BCUT2D eigenvalue weighted by Gasteiger charge is 2.13. The average Bonchev–Trinajstić information content (AvgIpc) is 2.94. The maximum Gasteiger partial charge on any atom is 0.123 e. The maximum atomic E-state index is 5.37. The first-order valence-electron chi connectivity index (χ1n) is 8.02. The molecule has 2 aromatic carbocycles. The molecule has 0 aliphatic rings. The van der Waals surface area contributed by atoms with E-state index in [0.717, 1.165) is 33.8 Å². The molecule has 2 N–H and O–H groups in total. The van der Waals surface area contributed by atoms with Crippen LogP contribution in [0.4, 0.5) is 5.69 Å². The Morgan fingerprint density at radius 3 is 2.12 bits per heavy atom. The lowest BCUT2D eigenvalue weighted by Crippen LogP contribution is -2.25. The first-order valence-corrected chi connectivity index (χ1v) is 8.02. The monoisotopic (exact) mass is 324 g/mol. The van der Waals surface area contributed by atoms with Crippen molar-refractivity contribution in [2.75, 3.05) is 19.5 Å².